The van der Waals surface area contributed by atoms with Crippen molar-refractivity contribution in [1.29, 1.82) is 0 Å². The predicted octanol–water partition coefficient (Wildman–Crippen LogP) is 6.66. The molecule has 28 heavy (non-hydrogen) atoms. The van der Waals surface area contributed by atoms with Crippen molar-refractivity contribution < 1.29 is 0 Å². The maximum Gasteiger partial charge on any atom is 0.116 e. The van der Waals surface area contributed by atoms with Crippen molar-refractivity contribution in [2.75, 3.05) is 13.1 Å². The first-order valence-corrected chi connectivity index (χ1v) is 11.5. The van der Waals surface area contributed by atoms with Gasteiger partial charge in [-0.1, -0.05) is 80.6 Å². The molecule has 0 aliphatic carbocycles. The molecule has 0 N–H and O–H groups in total. The number of halogens is 2. The summed E-state index contributed by atoms with van der Waals surface area (Å²) in [6.07, 6.45) is 0. The zero-order valence-corrected chi connectivity index (χ0v) is 20.3. The van der Waals surface area contributed by atoms with Gasteiger partial charge in [0.25, 0.3) is 0 Å². The largest absolute Gasteiger partial charge is 0.331 e. The molecule has 2 nitrogen and oxygen atoms in total. The summed E-state index contributed by atoms with van der Waals surface area (Å²) in [7, 11) is 0. The number of thiocarbonyl (C=S) groups is 2. The molecule has 0 bridgehead atoms. The fourth-order valence-corrected chi connectivity index (χ4v) is 5.18. The fraction of sp³-hybridized carbons (Fsp3) is 0.182. The van der Waals surface area contributed by atoms with Gasteiger partial charge in [-0.25, -0.2) is 0 Å². The Labute approximate surface area is 193 Å². The molecule has 0 spiro atoms. The maximum atomic E-state index is 5.96. The lowest BCUT2D eigenvalue weighted by Gasteiger charge is -2.26. The standard InChI is InChI=1S/C22H18Br2N2S2/c1-3-25-19(13-5-9-15(23)10-6-13)17-18(21(25)27)20(26(4-2)22(17)28)14-7-11-16(24)12-8-14/h5-12H,3-4H2,1-2H3. The summed E-state index contributed by atoms with van der Waals surface area (Å²) in [5.41, 5.74) is 6.67. The zero-order valence-electron chi connectivity index (χ0n) is 15.5. The van der Waals surface area contributed by atoms with E-state index in [0.717, 1.165) is 65.7 Å². The SMILES string of the molecule is CCN1C(=S)C2=C(c3ccc(Br)cc3)N(CC)C(=S)C2=C1c1ccc(Br)cc1. The molecule has 0 atom stereocenters. The Morgan fingerprint density at radius 2 is 0.964 bits per heavy atom. The van der Waals surface area contributed by atoms with Crippen molar-refractivity contribution in [3.63, 3.8) is 0 Å². The van der Waals surface area contributed by atoms with E-state index in [1.807, 2.05) is 0 Å². The van der Waals surface area contributed by atoms with E-state index in [1.54, 1.807) is 0 Å². The lowest BCUT2D eigenvalue weighted by molar-refractivity contribution is 0.620. The van der Waals surface area contributed by atoms with Gasteiger partial charge < -0.3 is 9.80 Å². The molecule has 4 rings (SSSR count). The van der Waals surface area contributed by atoms with Crippen LogP contribution in [-0.2, 0) is 0 Å². The number of rotatable bonds is 4. The van der Waals surface area contributed by atoms with E-state index in [1.165, 1.54) is 0 Å². The van der Waals surface area contributed by atoms with Gasteiger partial charge in [-0.15, -0.1) is 0 Å². The van der Waals surface area contributed by atoms with Gasteiger partial charge in [0, 0.05) is 33.2 Å². The van der Waals surface area contributed by atoms with Gasteiger partial charge in [-0.05, 0) is 49.2 Å². The third-order valence-electron chi connectivity index (χ3n) is 5.05. The summed E-state index contributed by atoms with van der Waals surface area (Å²) in [5, 5.41) is 0. The number of hydrogen-bond donors (Lipinski definition) is 0. The third kappa shape index (κ3) is 3.11. The normalized spacial score (nSPS) is 16.6. The first-order valence-electron chi connectivity index (χ1n) is 9.12. The Morgan fingerprint density at radius 3 is 1.25 bits per heavy atom. The number of fused-ring (bicyclic) bond motifs is 1. The lowest BCUT2D eigenvalue weighted by atomic mass is 10.0. The van der Waals surface area contributed by atoms with Crippen LogP contribution < -0.4 is 0 Å². The molecule has 6 heteroatoms. The van der Waals surface area contributed by atoms with Crippen LogP contribution in [0, 0.1) is 0 Å². The highest BCUT2D eigenvalue weighted by Crippen LogP contribution is 2.47. The first kappa shape index (κ1) is 20.0. The van der Waals surface area contributed by atoms with Gasteiger partial charge in [0.05, 0.1) is 11.4 Å². The maximum absolute atomic E-state index is 5.96. The zero-order chi connectivity index (χ0) is 20.0. The van der Waals surface area contributed by atoms with Gasteiger partial charge >= 0.3 is 0 Å². The summed E-state index contributed by atoms with van der Waals surface area (Å²) in [6.45, 7) is 5.87. The number of benzene rings is 2. The van der Waals surface area contributed by atoms with Crippen LogP contribution in [0.15, 0.2) is 68.6 Å². The van der Waals surface area contributed by atoms with Crippen LogP contribution in [-0.4, -0.2) is 32.9 Å². The van der Waals surface area contributed by atoms with E-state index in [0.29, 0.717) is 0 Å². The molecule has 2 aromatic rings. The highest BCUT2D eigenvalue weighted by Gasteiger charge is 2.43. The first-order chi connectivity index (χ1) is 13.5. The Morgan fingerprint density at radius 1 is 0.643 bits per heavy atom. The minimum Gasteiger partial charge on any atom is -0.331 e. The Balaban J connectivity index is 2.00. The summed E-state index contributed by atoms with van der Waals surface area (Å²) < 4.78 is 2.11. The molecule has 2 aliphatic heterocycles. The molecular formula is C22H18Br2N2S2. The summed E-state index contributed by atoms with van der Waals surface area (Å²) in [6, 6.07) is 16.7. The second kappa shape index (κ2) is 7.82. The monoisotopic (exact) mass is 532 g/mol. The van der Waals surface area contributed by atoms with Crippen LogP contribution in [0.2, 0.25) is 0 Å². The molecule has 2 heterocycles. The topological polar surface area (TPSA) is 6.48 Å². The average molecular weight is 534 g/mol. The number of likely N-dealkylation sites (N-methyl/N-ethyl adjacent to an activating group) is 2. The summed E-state index contributed by atoms with van der Waals surface area (Å²) in [4.78, 5) is 6.13. The van der Waals surface area contributed by atoms with Crippen LogP contribution in [0.5, 0.6) is 0 Å². The molecule has 2 aliphatic rings. The smallest absolute Gasteiger partial charge is 0.116 e. The average Bonchev–Trinajstić information content (AvgIpc) is 3.15. The van der Waals surface area contributed by atoms with Crippen LogP contribution in [0.1, 0.15) is 25.0 Å². The van der Waals surface area contributed by atoms with Gasteiger partial charge in [-0.3, -0.25) is 0 Å². The second-order valence-corrected chi connectivity index (χ2v) is 9.16. The van der Waals surface area contributed by atoms with Gasteiger partial charge in [-0.2, -0.15) is 0 Å². The molecule has 0 fully saturated rings. The molecule has 0 aromatic heterocycles. The van der Waals surface area contributed by atoms with Crippen molar-refractivity contribution >= 4 is 77.7 Å². The van der Waals surface area contributed by atoms with Crippen molar-refractivity contribution in [1.82, 2.24) is 9.80 Å². The molecule has 0 amide bonds. The second-order valence-electron chi connectivity index (χ2n) is 6.56. The third-order valence-corrected chi connectivity index (χ3v) is 6.96. The molecule has 2 aromatic carbocycles. The van der Waals surface area contributed by atoms with Crippen molar-refractivity contribution in [2.45, 2.75) is 13.8 Å². The van der Waals surface area contributed by atoms with E-state index in [-0.39, 0.29) is 0 Å². The molecule has 0 saturated heterocycles. The molecular weight excluding hydrogens is 516 g/mol. The number of hydrogen-bond acceptors (Lipinski definition) is 2. The Kier molecular flexibility index (Phi) is 5.58. The molecule has 142 valence electrons. The highest BCUT2D eigenvalue weighted by atomic mass is 79.9. The van der Waals surface area contributed by atoms with Crippen molar-refractivity contribution in [3.8, 4) is 0 Å². The van der Waals surface area contributed by atoms with Crippen molar-refractivity contribution in [2.24, 2.45) is 0 Å². The predicted molar refractivity (Wildman–Crippen MR) is 132 cm³/mol. The highest BCUT2D eigenvalue weighted by molar-refractivity contribution is 9.10. The molecule has 0 unspecified atom stereocenters. The quantitative estimate of drug-likeness (QED) is 0.405. The van der Waals surface area contributed by atoms with Gasteiger partial charge in [0.1, 0.15) is 9.98 Å². The van der Waals surface area contributed by atoms with Crippen molar-refractivity contribution in [3.05, 3.63) is 79.7 Å². The Hall–Kier alpha value is -1.34. The van der Waals surface area contributed by atoms with Crippen LogP contribution in [0.4, 0.5) is 0 Å². The Bertz CT molecular complexity index is 952. The minimum absolute atomic E-state index is 0.805. The van der Waals surface area contributed by atoms with Crippen LogP contribution in [0.3, 0.4) is 0 Å². The molecule has 0 saturated carbocycles. The lowest BCUT2D eigenvalue weighted by Crippen LogP contribution is -2.28. The molecule has 0 radical (unpaired) electrons. The number of nitrogens with zero attached hydrogens (tertiary/aromatic N) is 2. The summed E-state index contributed by atoms with van der Waals surface area (Å²) >= 11 is 19.0. The minimum atomic E-state index is 0.805. The van der Waals surface area contributed by atoms with E-state index in [9.17, 15) is 0 Å². The fourth-order valence-electron chi connectivity index (χ4n) is 3.82. The van der Waals surface area contributed by atoms with Crippen LogP contribution in [0.25, 0.3) is 11.4 Å². The van der Waals surface area contributed by atoms with Crippen LogP contribution >= 0.6 is 56.3 Å². The van der Waals surface area contributed by atoms with Gasteiger partial charge in [0.15, 0.2) is 0 Å². The van der Waals surface area contributed by atoms with Gasteiger partial charge in [0.2, 0.25) is 0 Å². The summed E-state index contributed by atoms with van der Waals surface area (Å²) in [5.74, 6) is 0. The van der Waals surface area contributed by atoms with E-state index in [2.05, 4.69) is 104 Å². The van der Waals surface area contributed by atoms with E-state index in [4.69, 9.17) is 24.4 Å². The van der Waals surface area contributed by atoms with E-state index >= 15 is 0 Å². The van der Waals surface area contributed by atoms with E-state index < -0.39 is 0 Å².